The molecule has 1 atom stereocenters. The summed E-state index contributed by atoms with van der Waals surface area (Å²) in [6.45, 7) is 1.74. The molecule has 1 aromatic rings. The zero-order valence-corrected chi connectivity index (χ0v) is 9.03. The summed E-state index contributed by atoms with van der Waals surface area (Å²) >= 11 is 0. The van der Waals surface area contributed by atoms with Crippen LogP contribution in [0.5, 0.6) is 11.5 Å². The quantitative estimate of drug-likeness (QED) is 0.799. The average Bonchev–Trinajstić information content (AvgIpc) is 3.00. The molecule has 0 saturated heterocycles. The Hall–Kier alpha value is -1.22. The van der Waals surface area contributed by atoms with Crippen LogP contribution in [0.1, 0.15) is 25.3 Å². The molecule has 0 radical (unpaired) electrons. The molecule has 3 heteroatoms. The van der Waals surface area contributed by atoms with Crippen molar-refractivity contribution in [3.63, 3.8) is 0 Å². The lowest BCUT2D eigenvalue weighted by Gasteiger charge is -2.26. The highest BCUT2D eigenvalue weighted by molar-refractivity contribution is 5.48. The number of aliphatic hydroxyl groups is 1. The molecule has 1 aliphatic rings. The lowest BCUT2D eigenvalue weighted by atomic mass is 9.89. The van der Waals surface area contributed by atoms with Gasteiger partial charge in [0.2, 0.25) is 0 Å². The third-order valence-corrected chi connectivity index (χ3v) is 3.10. The molecule has 82 valence electrons. The van der Waals surface area contributed by atoms with E-state index in [1.165, 1.54) is 0 Å². The minimum Gasteiger partial charge on any atom is -0.507 e. The number of phenols is 1. The van der Waals surface area contributed by atoms with E-state index in [4.69, 9.17) is 4.74 Å². The van der Waals surface area contributed by atoms with Crippen molar-refractivity contribution in [2.45, 2.75) is 25.4 Å². The third kappa shape index (κ3) is 1.67. The first-order valence-corrected chi connectivity index (χ1v) is 5.16. The van der Waals surface area contributed by atoms with E-state index in [0.29, 0.717) is 11.3 Å². The van der Waals surface area contributed by atoms with Crippen molar-refractivity contribution in [2.75, 3.05) is 7.11 Å². The molecular weight excluding hydrogens is 192 g/mol. The normalized spacial score (nSPS) is 19.7. The summed E-state index contributed by atoms with van der Waals surface area (Å²) in [4.78, 5) is 0. The van der Waals surface area contributed by atoms with Crippen molar-refractivity contribution in [1.29, 1.82) is 0 Å². The third-order valence-electron chi connectivity index (χ3n) is 3.10. The second kappa shape index (κ2) is 3.42. The predicted molar refractivity (Wildman–Crippen MR) is 57.0 cm³/mol. The minimum atomic E-state index is -0.989. The van der Waals surface area contributed by atoms with E-state index >= 15 is 0 Å². The van der Waals surface area contributed by atoms with Crippen LogP contribution in [0, 0.1) is 5.92 Å². The van der Waals surface area contributed by atoms with Gasteiger partial charge in [0.05, 0.1) is 18.3 Å². The molecule has 1 aromatic carbocycles. The van der Waals surface area contributed by atoms with Gasteiger partial charge in [-0.05, 0) is 37.8 Å². The van der Waals surface area contributed by atoms with Crippen molar-refractivity contribution in [3.8, 4) is 11.5 Å². The fourth-order valence-corrected chi connectivity index (χ4v) is 2.05. The predicted octanol–water partition coefficient (Wildman–Crippen LogP) is 2.02. The summed E-state index contributed by atoms with van der Waals surface area (Å²) in [5, 5.41) is 20.2. The molecule has 15 heavy (non-hydrogen) atoms. The summed E-state index contributed by atoms with van der Waals surface area (Å²) in [7, 11) is 1.54. The van der Waals surface area contributed by atoms with Crippen LogP contribution in [-0.4, -0.2) is 17.3 Å². The number of ether oxygens (including phenoxy) is 1. The summed E-state index contributed by atoms with van der Waals surface area (Å²) in [6, 6.07) is 5.04. The van der Waals surface area contributed by atoms with Crippen LogP contribution in [0.2, 0.25) is 0 Å². The van der Waals surface area contributed by atoms with Crippen molar-refractivity contribution in [1.82, 2.24) is 0 Å². The molecule has 1 unspecified atom stereocenters. The van der Waals surface area contributed by atoms with Crippen LogP contribution < -0.4 is 4.74 Å². The molecule has 0 aliphatic heterocycles. The Labute approximate surface area is 89.3 Å². The van der Waals surface area contributed by atoms with E-state index in [9.17, 15) is 10.2 Å². The molecule has 1 aliphatic carbocycles. The van der Waals surface area contributed by atoms with Crippen LogP contribution in [0.4, 0.5) is 0 Å². The second-order valence-electron chi connectivity index (χ2n) is 4.28. The maximum atomic E-state index is 10.4. The van der Waals surface area contributed by atoms with Gasteiger partial charge in [0.15, 0.2) is 0 Å². The average molecular weight is 208 g/mol. The Morgan fingerprint density at radius 2 is 2.07 bits per heavy atom. The van der Waals surface area contributed by atoms with Crippen LogP contribution in [0.25, 0.3) is 0 Å². The van der Waals surface area contributed by atoms with Crippen molar-refractivity contribution >= 4 is 0 Å². The number of aromatic hydroxyl groups is 1. The highest BCUT2D eigenvalue weighted by Crippen LogP contribution is 2.50. The van der Waals surface area contributed by atoms with Gasteiger partial charge in [0.1, 0.15) is 11.5 Å². The van der Waals surface area contributed by atoms with Gasteiger partial charge in [0.25, 0.3) is 0 Å². The number of methoxy groups -OCH3 is 1. The second-order valence-corrected chi connectivity index (χ2v) is 4.28. The van der Waals surface area contributed by atoms with E-state index in [0.717, 1.165) is 12.8 Å². The maximum absolute atomic E-state index is 10.4. The number of phenolic OH excluding ortho intramolecular Hbond substituents is 1. The highest BCUT2D eigenvalue weighted by atomic mass is 16.5. The molecule has 0 spiro atoms. The molecule has 0 aromatic heterocycles. The molecule has 0 heterocycles. The van der Waals surface area contributed by atoms with Gasteiger partial charge in [-0.1, -0.05) is 6.07 Å². The number of rotatable bonds is 3. The van der Waals surface area contributed by atoms with E-state index in [-0.39, 0.29) is 11.7 Å². The fraction of sp³-hybridized carbons (Fsp3) is 0.500. The topological polar surface area (TPSA) is 49.7 Å². The van der Waals surface area contributed by atoms with Gasteiger partial charge >= 0.3 is 0 Å². The molecule has 1 fully saturated rings. The lowest BCUT2D eigenvalue weighted by molar-refractivity contribution is 0.0283. The summed E-state index contributed by atoms with van der Waals surface area (Å²) in [6.07, 6.45) is 2.01. The monoisotopic (exact) mass is 208 g/mol. The standard InChI is InChI=1S/C12H16O3/c1-12(14,8-6-7-8)11-9(13)4-3-5-10(11)15-2/h3-5,8,13-14H,6-7H2,1-2H3. The van der Waals surface area contributed by atoms with E-state index in [2.05, 4.69) is 0 Å². The molecule has 0 amide bonds. The van der Waals surface area contributed by atoms with Gasteiger partial charge in [-0.25, -0.2) is 0 Å². The summed E-state index contributed by atoms with van der Waals surface area (Å²) < 4.78 is 5.17. The number of hydrogen-bond donors (Lipinski definition) is 2. The SMILES string of the molecule is COc1cccc(O)c1C(C)(O)C1CC1. The first kappa shape index (κ1) is 10.3. The Bertz CT molecular complexity index is 367. The van der Waals surface area contributed by atoms with Gasteiger partial charge < -0.3 is 14.9 Å². The lowest BCUT2D eigenvalue weighted by Crippen LogP contribution is -2.24. The molecule has 2 rings (SSSR count). The van der Waals surface area contributed by atoms with Crippen molar-refractivity contribution in [3.05, 3.63) is 23.8 Å². The molecule has 0 bridgehead atoms. The zero-order chi connectivity index (χ0) is 11.1. The van der Waals surface area contributed by atoms with E-state index < -0.39 is 5.60 Å². The zero-order valence-electron chi connectivity index (χ0n) is 9.03. The van der Waals surface area contributed by atoms with E-state index in [1.54, 1.807) is 32.2 Å². The summed E-state index contributed by atoms with van der Waals surface area (Å²) in [5.41, 5.74) is -0.480. The largest absolute Gasteiger partial charge is 0.507 e. The minimum absolute atomic E-state index is 0.103. The highest BCUT2D eigenvalue weighted by Gasteiger charge is 2.44. The first-order valence-electron chi connectivity index (χ1n) is 5.16. The van der Waals surface area contributed by atoms with Crippen LogP contribution in [-0.2, 0) is 5.60 Å². The Balaban J connectivity index is 2.49. The smallest absolute Gasteiger partial charge is 0.128 e. The maximum Gasteiger partial charge on any atom is 0.128 e. The van der Waals surface area contributed by atoms with Crippen LogP contribution in [0.3, 0.4) is 0 Å². The van der Waals surface area contributed by atoms with Gasteiger partial charge in [-0.3, -0.25) is 0 Å². The Morgan fingerprint density at radius 3 is 2.60 bits per heavy atom. The molecule has 2 N–H and O–H groups in total. The number of hydrogen-bond acceptors (Lipinski definition) is 3. The first-order chi connectivity index (χ1) is 7.07. The van der Waals surface area contributed by atoms with Crippen molar-refractivity contribution < 1.29 is 14.9 Å². The van der Waals surface area contributed by atoms with Crippen LogP contribution in [0.15, 0.2) is 18.2 Å². The van der Waals surface area contributed by atoms with Gasteiger partial charge in [0, 0.05) is 0 Å². The molecular formula is C12H16O3. The number of benzene rings is 1. The van der Waals surface area contributed by atoms with Crippen LogP contribution >= 0.6 is 0 Å². The van der Waals surface area contributed by atoms with Gasteiger partial charge in [-0.15, -0.1) is 0 Å². The summed E-state index contributed by atoms with van der Waals surface area (Å²) in [5.74, 6) is 0.887. The fourth-order valence-electron chi connectivity index (χ4n) is 2.05. The van der Waals surface area contributed by atoms with Crippen molar-refractivity contribution in [2.24, 2.45) is 5.92 Å². The molecule has 1 saturated carbocycles. The Morgan fingerprint density at radius 1 is 1.40 bits per heavy atom. The van der Waals surface area contributed by atoms with E-state index in [1.807, 2.05) is 0 Å². The molecule has 3 nitrogen and oxygen atoms in total. The Kier molecular flexibility index (Phi) is 2.35. The van der Waals surface area contributed by atoms with Gasteiger partial charge in [-0.2, -0.15) is 0 Å².